The van der Waals surface area contributed by atoms with Crippen molar-refractivity contribution in [2.24, 2.45) is 0 Å². The molecule has 0 bridgehead atoms. The number of nitrogens with zero attached hydrogens (tertiary/aromatic N) is 3. The van der Waals surface area contributed by atoms with E-state index in [-0.39, 0.29) is 21.4 Å². The van der Waals surface area contributed by atoms with Gasteiger partial charge in [-0.3, -0.25) is 10.2 Å². The quantitative estimate of drug-likeness (QED) is 0.865. The van der Waals surface area contributed by atoms with E-state index in [0.717, 1.165) is 26.7 Å². The van der Waals surface area contributed by atoms with Crippen molar-refractivity contribution in [3.63, 3.8) is 0 Å². The van der Waals surface area contributed by atoms with Crippen LogP contribution in [0.25, 0.3) is 0 Å². The van der Waals surface area contributed by atoms with Gasteiger partial charge in [-0.15, -0.1) is 0 Å². The van der Waals surface area contributed by atoms with E-state index in [4.69, 9.17) is 40.1 Å². The van der Waals surface area contributed by atoms with Gasteiger partial charge in [0.25, 0.3) is 5.56 Å². The molecule has 10 heteroatoms. The smallest absolute Gasteiger partial charge is 0.286 e. The molecule has 1 N–H and O–H groups in total. The molecule has 0 saturated carbocycles. The Morgan fingerprint density at radius 2 is 1.83 bits per heavy atom. The first kappa shape index (κ1) is 17.8. The fraction of sp³-hybridized carbons (Fsp3) is 0.154. The van der Waals surface area contributed by atoms with E-state index in [1.807, 2.05) is 0 Å². The molecule has 0 amide bonds. The van der Waals surface area contributed by atoms with Gasteiger partial charge in [-0.1, -0.05) is 41.7 Å². The van der Waals surface area contributed by atoms with E-state index in [1.54, 1.807) is 13.0 Å². The second-order valence-electron chi connectivity index (χ2n) is 4.17. The minimum atomic E-state index is -0.719. The number of nitriles is 1. The summed E-state index contributed by atoms with van der Waals surface area (Å²) in [5.74, 6) is 0.503. The first-order chi connectivity index (χ1) is 10.9. The van der Waals surface area contributed by atoms with Gasteiger partial charge in [-0.2, -0.15) is 13.9 Å². The Hall–Kier alpha value is -1.59. The molecule has 0 atom stereocenters. The molecule has 0 radical (unpaired) electrons. The van der Waals surface area contributed by atoms with Crippen LogP contribution in [0.3, 0.4) is 0 Å². The topological polar surface area (TPSA) is 79.8 Å². The summed E-state index contributed by atoms with van der Waals surface area (Å²) < 4.78 is 1.84. The van der Waals surface area contributed by atoms with Gasteiger partial charge in [0.1, 0.15) is 6.07 Å². The summed E-state index contributed by atoms with van der Waals surface area (Å²) in [6, 6.07) is 5.70. The maximum atomic E-state index is 12.4. The number of hydrogen-bond acceptors (Lipinski definition) is 5. The molecule has 1 aromatic carbocycles. The lowest BCUT2D eigenvalue weighted by molar-refractivity contribution is 0.794. The fourth-order valence-corrected chi connectivity index (χ4v) is 3.26. The molecule has 1 heterocycles. The molecule has 2 aromatic rings. The van der Waals surface area contributed by atoms with Crippen LogP contribution in [-0.4, -0.2) is 14.4 Å². The van der Waals surface area contributed by atoms with Crippen molar-refractivity contribution in [3.8, 4) is 6.07 Å². The second-order valence-corrected chi connectivity index (χ2v) is 6.62. The largest absolute Gasteiger partial charge is 0.361 e. The zero-order valence-electron chi connectivity index (χ0n) is 11.6. The lowest BCUT2D eigenvalue weighted by atomic mass is 10.3. The van der Waals surface area contributed by atoms with Crippen molar-refractivity contribution in [3.05, 3.63) is 59.8 Å². The van der Waals surface area contributed by atoms with Crippen LogP contribution >= 0.6 is 46.8 Å². The molecule has 0 aliphatic heterocycles. The third kappa shape index (κ3) is 3.67. The van der Waals surface area contributed by atoms with Crippen molar-refractivity contribution in [1.82, 2.24) is 8.65 Å². The van der Waals surface area contributed by atoms with Crippen molar-refractivity contribution in [1.29, 1.82) is 5.26 Å². The van der Waals surface area contributed by atoms with Gasteiger partial charge in [0.05, 0.1) is 15.7 Å². The van der Waals surface area contributed by atoms with Crippen LogP contribution in [0.1, 0.15) is 12.6 Å². The number of aromatic nitrogens is 2. The Labute approximate surface area is 150 Å². The van der Waals surface area contributed by atoms with Crippen LogP contribution in [0, 0.1) is 11.3 Å². The van der Waals surface area contributed by atoms with E-state index in [1.165, 1.54) is 12.1 Å². The lowest BCUT2D eigenvalue weighted by Crippen LogP contribution is -2.40. The molecular weight excluding hydrogens is 383 g/mol. The molecule has 1 aromatic heterocycles. The number of benzene rings is 1. The normalized spacial score (nSPS) is 10.4. The predicted octanol–water partition coefficient (Wildman–Crippen LogP) is 3.23. The van der Waals surface area contributed by atoms with Gasteiger partial charge in [0.2, 0.25) is 0 Å². The van der Waals surface area contributed by atoms with Crippen molar-refractivity contribution in [2.75, 3.05) is 11.2 Å². The molecule has 0 saturated heterocycles. The Bertz CT molecular complexity index is 894. The number of hydrogen-bond donors (Lipinski definition) is 1. The minimum Gasteiger partial charge on any atom is -0.286 e. The maximum Gasteiger partial charge on any atom is 0.361 e. The zero-order valence-corrected chi connectivity index (χ0v) is 14.7. The molecular formula is C13H9Cl3N4O2S. The molecule has 0 aliphatic rings. The van der Waals surface area contributed by atoms with Crippen LogP contribution in [0.5, 0.6) is 0 Å². The average Bonchev–Trinajstić information content (AvgIpc) is 2.48. The van der Waals surface area contributed by atoms with Crippen LogP contribution in [-0.2, 0) is 0 Å². The Morgan fingerprint density at radius 1 is 1.22 bits per heavy atom. The highest BCUT2D eigenvalue weighted by molar-refractivity contribution is 7.97. The number of nitrogens with one attached hydrogen (secondary N) is 1. The fourth-order valence-electron chi connectivity index (χ4n) is 1.73. The molecule has 120 valence electrons. The molecule has 6 nitrogen and oxygen atoms in total. The molecule has 23 heavy (non-hydrogen) atoms. The minimum absolute atomic E-state index is 0.166. The molecule has 0 spiro atoms. The number of halogens is 3. The van der Waals surface area contributed by atoms with E-state index in [0.29, 0.717) is 10.8 Å². The number of anilines is 1. The van der Waals surface area contributed by atoms with Gasteiger partial charge in [0.15, 0.2) is 5.69 Å². The lowest BCUT2D eigenvalue weighted by Gasteiger charge is -2.15. The van der Waals surface area contributed by atoms with Crippen LogP contribution in [0.2, 0.25) is 15.1 Å². The zero-order chi connectivity index (χ0) is 17.1. The van der Waals surface area contributed by atoms with E-state index in [9.17, 15) is 9.59 Å². The van der Waals surface area contributed by atoms with Crippen molar-refractivity contribution < 1.29 is 0 Å². The third-order valence-corrected chi connectivity index (χ3v) is 4.34. The van der Waals surface area contributed by atoms with Gasteiger partial charge in [-0.25, -0.2) is 4.79 Å². The van der Waals surface area contributed by atoms with Crippen LogP contribution in [0.4, 0.5) is 5.69 Å². The monoisotopic (exact) mass is 390 g/mol. The molecule has 0 fully saturated rings. The Kier molecular flexibility index (Phi) is 5.65. The maximum absolute atomic E-state index is 12.4. The molecule has 0 aliphatic carbocycles. The summed E-state index contributed by atoms with van der Waals surface area (Å²) in [6.07, 6.45) is 0. The first-order valence-corrected chi connectivity index (χ1v) is 8.30. The summed E-state index contributed by atoms with van der Waals surface area (Å²) in [7, 11) is 0. The third-order valence-electron chi connectivity index (χ3n) is 2.67. The highest BCUT2D eigenvalue weighted by Crippen LogP contribution is 2.33. The second kappa shape index (κ2) is 7.32. The average molecular weight is 392 g/mol. The van der Waals surface area contributed by atoms with Crippen LogP contribution < -0.4 is 16.7 Å². The van der Waals surface area contributed by atoms with E-state index < -0.39 is 11.2 Å². The van der Waals surface area contributed by atoms with E-state index in [2.05, 4.69) is 5.43 Å². The van der Waals surface area contributed by atoms with Crippen molar-refractivity contribution in [2.45, 2.75) is 6.92 Å². The summed E-state index contributed by atoms with van der Waals surface area (Å²) in [6.45, 7) is 1.79. The first-order valence-electron chi connectivity index (χ1n) is 6.23. The highest BCUT2D eigenvalue weighted by Gasteiger charge is 2.15. The standard InChI is InChI=1S/C13H9Cl3N4O2S/c1-2-23-20-11(21)5-8(6-17)19(13(20)22)18-12-9(15)3-7(14)4-10(12)16/h3-5,18H,2H2,1H3. The van der Waals surface area contributed by atoms with Gasteiger partial charge in [-0.05, 0) is 24.1 Å². The SMILES string of the molecule is CCSn1c(=O)cc(C#N)n(Nc2c(Cl)cc(Cl)cc2Cl)c1=O. The van der Waals surface area contributed by atoms with Gasteiger partial charge < -0.3 is 0 Å². The molecule has 2 rings (SSSR count). The summed E-state index contributed by atoms with van der Waals surface area (Å²) in [4.78, 5) is 24.3. The van der Waals surface area contributed by atoms with Gasteiger partial charge >= 0.3 is 5.69 Å². The molecule has 0 unspecified atom stereocenters. The van der Waals surface area contributed by atoms with Crippen molar-refractivity contribution >= 4 is 52.4 Å². The summed E-state index contributed by atoms with van der Waals surface area (Å²) in [5.41, 5.74) is 1.40. The Balaban J connectivity index is 2.65. The van der Waals surface area contributed by atoms with E-state index >= 15 is 0 Å². The Morgan fingerprint density at radius 3 is 2.35 bits per heavy atom. The number of rotatable bonds is 4. The summed E-state index contributed by atoms with van der Waals surface area (Å²) in [5, 5.41) is 9.81. The summed E-state index contributed by atoms with van der Waals surface area (Å²) >= 11 is 19.0. The van der Waals surface area contributed by atoms with Crippen LogP contribution in [0.15, 0.2) is 27.8 Å². The van der Waals surface area contributed by atoms with Gasteiger partial charge in [0, 0.05) is 16.8 Å². The predicted molar refractivity (Wildman–Crippen MR) is 93.7 cm³/mol. The highest BCUT2D eigenvalue weighted by atomic mass is 35.5.